The second kappa shape index (κ2) is 5.84. The van der Waals surface area contributed by atoms with Crippen LogP contribution in [-0.2, 0) is 13.5 Å². The molecule has 0 fully saturated rings. The van der Waals surface area contributed by atoms with E-state index in [4.69, 9.17) is 5.84 Å². The molecular formula is C10H13N7O2S. The van der Waals surface area contributed by atoms with Crippen LogP contribution in [-0.4, -0.2) is 24.7 Å². The summed E-state index contributed by atoms with van der Waals surface area (Å²) in [6.45, 7) is 1.91. The summed E-state index contributed by atoms with van der Waals surface area (Å²) in [7, 11) is 1.58. The number of hydrazine groups is 1. The van der Waals surface area contributed by atoms with E-state index >= 15 is 0 Å². The lowest BCUT2D eigenvalue weighted by Gasteiger charge is -2.07. The van der Waals surface area contributed by atoms with Gasteiger partial charge >= 0.3 is 11.1 Å². The first-order valence-corrected chi connectivity index (χ1v) is 6.55. The zero-order valence-electron chi connectivity index (χ0n) is 10.9. The summed E-state index contributed by atoms with van der Waals surface area (Å²) in [5.41, 5.74) is 0.846. The fourth-order valence-corrected chi connectivity index (χ4v) is 2.22. The van der Waals surface area contributed by atoms with Gasteiger partial charge in [-0.05, 0) is 11.8 Å². The van der Waals surface area contributed by atoms with Gasteiger partial charge < -0.3 is 5.43 Å². The number of H-pyrrole nitrogens is 1. The number of aromatic amines is 1. The number of nitrogens with zero attached hydrogens (tertiary/aromatic N) is 4. The van der Waals surface area contributed by atoms with Crippen LogP contribution in [0.4, 0.5) is 5.82 Å². The van der Waals surface area contributed by atoms with E-state index in [0.29, 0.717) is 28.2 Å². The number of rotatable bonds is 4. The highest BCUT2D eigenvalue weighted by Crippen LogP contribution is 2.24. The minimum Gasteiger partial charge on any atom is -0.308 e. The zero-order chi connectivity index (χ0) is 14.7. The van der Waals surface area contributed by atoms with E-state index in [0.717, 1.165) is 11.8 Å². The van der Waals surface area contributed by atoms with Crippen molar-refractivity contribution in [3.63, 3.8) is 0 Å². The van der Waals surface area contributed by atoms with E-state index in [-0.39, 0.29) is 0 Å². The molecule has 0 aromatic carbocycles. The largest absolute Gasteiger partial charge is 0.339 e. The maximum Gasteiger partial charge on any atom is 0.339 e. The molecule has 0 radical (unpaired) electrons. The van der Waals surface area contributed by atoms with Gasteiger partial charge in [0.1, 0.15) is 16.7 Å². The first kappa shape index (κ1) is 14.2. The fourth-order valence-electron chi connectivity index (χ4n) is 1.40. The second-order valence-electron chi connectivity index (χ2n) is 3.81. The molecule has 0 bridgehead atoms. The molecule has 2 heterocycles. The van der Waals surface area contributed by atoms with Gasteiger partial charge in [0.05, 0.1) is 0 Å². The summed E-state index contributed by atoms with van der Waals surface area (Å²) in [6.07, 6.45) is 0.640. The monoisotopic (exact) mass is 295 g/mol. The van der Waals surface area contributed by atoms with Gasteiger partial charge in [0, 0.05) is 19.5 Å². The van der Waals surface area contributed by atoms with E-state index in [1.807, 2.05) is 6.92 Å². The van der Waals surface area contributed by atoms with E-state index < -0.39 is 11.1 Å². The Morgan fingerprint density at radius 3 is 2.80 bits per heavy atom. The number of nitrogens with two attached hydrogens (primary N) is 1. The van der Waals surface area contributed by atoms with Gasteiger partial charge in [-0.15, -0.1) is 0 Å². The van der Waals surface area contributed by atoms with Crippen LogP contribution in [0.1, 0.15) is 12.7 Å². The lowest BCUT2D eigenvalue weighted by atomic mass is 10.4. The summed E-state index contributed by atoms with van der Waals surface area (Å²) in [5.74, 6) is 6.42. The van der Waals surface area contributed by atoms with Crippen molar-refractivity contribution in [3.05, 3.63) is 32.6 Å². The second-order valence-corrected chi connectivity index (χ2v) is 4.79. The molecule has 0 spiro atoms. The lowest BCUT2D eigenvalue weighted by Crippen LogP contribution is -2.33. The minimum atomic E-state index is -0.840. The summed E-state index contributed by atoms with van der Waals surface area (Å²) in [5, 5.41) is 3.25. The molecule has 0 aliphatic rings. The van der Waals surface area contributed by atoms with Crippen LogP contribution in [0.3, 0.4) is 0 Å². The number of aromatic nitrogens is 5. The van der Waals surface area contributed by atoms with Crippen LogP contribution in [0.2, 0.25) is 0 Å². The third-order valence-corrected chi connectivity index (χ3v) is 3.32. The van der Waals surface area contributed by atoms with Gasteiger partial charge in [-0.1, -0.05) is 6.92 Å². The Morgan fingerprint density at radius 1 is 1.40 bits per heavy atom. The average Bonchev–Trinajstić information content (AvgIpc) is 2.44. The molecule has 0 saturated heterocycles. The minimum absolute atomic E-state index is 0.318. The van der Waals surface area contributed by atoms with Crippen LogP contribution in [0, 0.1) is 0 Å². The van der Waals surface area contributed by atoms with Crippen molar-refractivity contribution in [2.24, 2.45) is 12.9 Å². The molecule has 4 N–H and O–H groups in total. The maximum atomic E-state index is 11.3. The molecule has 106 valence electrons. The molecule has 0 atom stereocenters. The molecule has 2 rings (SSSR count). The Hall–Kier alpha value is -2.20. The number of nitrogen functional groups attached to an aromatic ring is 1. The summed E-state index contributed by atoms with van der Waals surface area (Å²) in [4.78, 5) is 34.6. The summed E-state index contributed by atoms with van der Waals surface area (Å²) < 4.78 is 1.36. The molecule has 0 saturated carbocycles. The predicted molar refractivity (Wildman–Crippen MR) is 73.4 cm³/mol. The number of aryl methyl sites for hydroxylation is 2. The first-order valence-electron chi connectivity index (χ1n) is 5.73. The Balaban J connectivity index is 2.41. The highest BCUT2D eigenvalue weighted by molar-refractivity contribution is 7.99. The van der Waals surface area contributed by atoms with Gasteiger partial charge in [0.15, 0.2) is 5.16 Å². The summed E-state index contributed by atoms with van der Waals surface area (Å²) >= 11 is 1.13. The summed E-state index contributed by atoms with van der Waals surface area (Å²) in [6, 6.07) is 1.63. The van der Waals surface area contributed by atoms with Crippen LogP contribution in [0.15, 0.2) is 25.8 Å². The number of anilines is 1. The Morgan fingerprint density at radius 2 is 2.15 bits per heavy atom. The Bertz CT molecular complexity index is 717. The lowest BCUT2D eigenvalue weighted by molar-refractivity contribution is 0.596. The van der Waals surface area contributed by atoms with Crippen molar-refractivity contribution in [2.45, 2.75) is 23.5 Å². The number of hydrogen-bond donors (Lipinski definition) is 3. The van der Waals surface area contributed by atoms with Gasteiger partial charge in [0.25, 0.3) is 0 Å². The van der Waals surface area contributed by atoms with Crippen molar-refractivity contribution < 1.29 is 0 Å². The Kier molecular flexibility index (Phi) is 4.15. The SMILES string of the molecule is CCc1nc(NN)cc(Sc2nc(=O)c(=O)[nH]n2C)n1. The van der Waals surface area contributed by atoms with E-state index in [9.17, 15) is 9.59 Å². The van der Waals surface area contributed by atoms with Crippen molar-refractivity contribution in [2.75, 3.05) is 5.43 Å². The molecule has 0 aliphatic heterocycles. The highest BCUT2D eigenvalue weighted by atomic mass is 32.2. The smallest absolute Gasteiger partial charge is 0.308 e. The van der Waals surface area contributed by atoms with Crippen molar-refractivity contribution in [1.29, 1.82) is 0 Å². The van der Waals surface area contributed by atoms with E-state index in [1.165, 1.54) is 4.68 Å². The molecule has 0 amide bonds. The number of hydrogen-bond acceptors (Lipinski definition) is 8. The van der Waals surface area contributed by atoms with Crippen LogP contribution in [0.5, 0.6) is 0 Å². The van der Waals surface area contributed by atoms with Crippen LogP contribution < -0.4 is 22.4 Å². The van der Waals surface area contributed by atoms with Crippen molar-refractivity contribution in [1.82, 2.24) is 24.7 Å². The fraction of sp³-hybridized carbons (Fsp3) is 0.300. The molecule has 2 aromatic rings. The van der Waals surface area contributed by atoms with Gasteiger partial charge in [-0.2, -0.15) is 4.98 Å². The molecule has 20 heavy (non-hydrogen) atoms. The molecule has 9 nitrogen and oxygen atoms in total. The maximum absolute atomic E-state index is 11.3. The van der Waals surface area contributed by atoms with E-state index in [2.05, 4.69) is 25.5 Å². The van der Waals surface area contributed by atoms with Gasteiger partial charge in [-0.3, -0.25) is 19.4 Å². The first-order chi connectivity index (χ1) is 9.53. The number of nitrogens with one attached hydrogen (secondary N) is 2. The van der Waals surface area contributed by atoms with Gasteiger partial charge in [-0.25, -0.2) is 15.8 Å². The average molecular weight is 295 g/mol. The van der Waals surface area contributed by atoms with Crippen molar-refractivity contribution in [3.8, 4) is 0 Å². The molecule has 0 aliphatic carbocycles. The third-order valence-electron chi connectivity index (χ3n) is 2.36. The van der Waals surface area contributed by atoms with Crippen LogP contribution >= 0.6 is 11.8 Å². The predicted octanol–water partition coefficient (Wildman–Crippen LogP) is -0.742. The molecule has 10 heteroatoms. The normalized spacial score (nSPS) is 10.6. The zero-order valence-corrected chi connectivity index (χ0v) is 11.7. The highest BCUT2D eigenvalue weighted by Gasteiger charge is 2.09. The molecule has 0 unspecified atom stereocenters. The molecular weight excluding hydrogens is 282 g/mol. The third kappa shape index (κ3) is 3.03. The Labute approximate surface area is 117 Å². The topological polar surface area (TPSA) is 132 Å². The quantitative estimate of drug-likeness (QED) is 0.291. The van der Waals surface area contributed by atoms with Gasteiger partial charge in [0.2, 0.25) is 0 Å². The standard InChI is InChI=1S/C10H13N7O2S/c1-3-5-12-6(15-11)4-7(13-5)20-10-14-8(18)9(19)16-17(10)2/h4H,3,11H2,1-2H3,(H,16,19)(H,12,13,15). The van der Waals surface area contributed by atoms with E-state index in [1.54, 1.807) is 13.1 Å². The molecule has 2 aromatic heterocycles. The van der Waals surface area contributed by atoms with Crippen LogP contribution in [0.25, 0.3) is 0 Å². The van der Waals surface area contributed by atoms with Crippen molar-refractivity contribution >= 4 is 17.6 Å².